The second kappa shape index (κ2) is 22.1. The minimum atomic E-state index is 1.16. The van der Waals surface area contributed by atoms with E-state index < -0.39 is 0 Å². The lowest BCUT2D eigenvalue weighted by atomic mass is 10.2. The van der Waals surface area contributed by atoms with Crippen LogP contribution in [-0.2, 0) is 0 Å². The number of rotatable bonds is 13. The summed E-state index contributed by atoms with van der Waals surface area (Å²) < 4.78 is 0. The second-order valence-electron chi connectivity index (χ2n) is 5.23. The van der Waals surface area contributed by atoms with Gasteiger partial charge in [-0.2, -0.15) is 0 Å². The molecule has 0 aromatic carbocycles. The van der Waals surface area contributed by atoms with Crippen molar-refractivity contribution in [2.24, 2.45) is 0 Å². The molecule has 0 heterocycles. The number of hydrogen-bond acceptors (Lipinski definition) is 0. The third-order valence-corrected chi connectivity index (χ3v) is 2.97. The van der Waals surface area contributed by atoms with E-state index in [1.54, 1.807) is 6.08 Å². The summed E-state index contributed by atoms with van der Waals surface area (Å²) in [6.45, 7) is 7.43. The molecule has 0 aromatic rings. The highest BCUT2D eigenvalue weighted by Gasteiger charge is 1.74. The number of unbranched alkanes of at least 4 members (excludes halogenated alkanes) is 2. The first-order valence-electron chi connectivity index (χ1n) is 9.12. The van der Waals surface area contributed by atoms with Gasteiger partial charge in [0, 0.05) is 0 Å². The highest BCUT2D eigenvalue weighted by molar-refractivity contribution is 5.22. The molecular formula is C26H31. The van der Waals surface area contributed by atoms with Gasteiger partial charge in [-0.05, 0) is 6.42 Å². The molecule has 135 valence electrons. The van der Waals surface area contributed by atoms with E-state index in [1.807, 2.05) is 97.2 Å². The smallest absolute Gasteiger partial charge is 0.0348 e. The Morgan fingerprint density at radius 1 is 0.462 bits per heavy atom. The van der Waals surface area contributed by atoms with Crippen LogP contribution in [0.15, 0.2) is 128 Å². The molecule has 0 fully saturated rings. The molecule has 0 amide bonds. The summed E-state index contributed by atoms with van der Waals surface area (Å²) in [6.07, 6.45) is 45.1. The largest absolute Gasteiger partial charge is 0.0845 e. The van der Waals surface area contributed by atoms with Crippen LogP contribution < -0.4 is 0 Å². The van der Waals surface area contributed by atoms with Crippen molar-refractivity contribution < 1.29 is 0 Å². The van der Waals surface area contributed by atoms with Gasteiger partial charge in [-0.3, -0.25) is 0 Å². The van der Waals surface area contributed by atoms with Crippen molar-refractivity contribution in [3.8, 4) is 0 Å². The monoisotopic (exact) mass is 343 g/mol. The van der Waals surface area contributed by atoms with Gasteiger partial charge in [-0.25, -0.2) is 0 Å². The Kier molecular flexibility index (Phi) is 19.7. The maximum atomic E-state index is 5.22. The van der Waals surface area contributed by atoms with Gasteiger partial charge in [-0.15, -0.1) is 0 Å². The van der Waals surface area contributed by atoms with Crippen LogP contribution in [0.2, 0.25) is 0 Å². The summed E-state index contributed by atoms with van der Waals surface area (Å²) in [5.74, 6) is 0. The topological polar surface area (TPSA) is 0 Å². The molecule has 0 aromatic heterocycles. The lowest BCUT2D eigenvalue weighted by Gasteiger charge is -1.84. The Morgan fingerprint density at radius 3 is 1.08 bits per heavy atom. The third kappa shape index (κ3) is 21.1. The van der Waals surface area contributed by atoms with Crippen molar-refractivity contribution >= 4 is 0 Å². The molecule has 0 N–H and O–H groups in total. The normalized spacial score (nSPS) is 14.2. The van der Waals surface area contributed by atoms with Gasteiger partial charge in [0.2, 0.25) is 0 Å². The average Bonchev–Trinajstić information content (AvgIpc) is 2.66. The lowest BCUT2D eigenvalue weighted by Crippen LogP contribution is -1.64. The lowest BCUT2D eigenvalue weighted by molar-refractivity contribution is 0.815. The van der Waals surface area contributed by atoms with Crippen molar-refractivity contribution in [2.45, 2.75) is 26.2 Å². The van der Waals surface area contributed by atoms with E-state index >= 15 is 0 Å². The summed E-state index contributed by atoms with van der Waals surface area (Å²) in [5, 5.41) is 0. The van der Waals surface area contributed by atoms with Crippen molar-refractivity contribution in [3.63, 3.8) is 0 Å². The first-order valence-corrected chi connectivity index (χ1v) is 9.12. The predicted octanol–water partition coefficient (Wildman–Crippen LogP) is 7.73. The SMILES string of the molecule is [CH]=CC=CC=CC=CC=CC=CC=CC=CC=CC=CC=CCCCC. The molecule has 0 unspecified atom stereocenters. The van der Waals surface area contributed by atoms with Crippen molar-refractivity contribution in [3.05, 3.63) is 134 Å². The molecule has 1 radical (unpaired) electrons. The summed E-state index contributed by atoms with van der Waals surface area (Å²) in [7, 11) is 0. The molecule has 0 heteroatoms. The van der Waals surface area contributed by atoms with Gasteiger partial charge < -0.3 is 0 Å². The van der Waals surface area contributed by atoms with E-state index in [-0.39, 0.29) is 0 Å². The first kappa shape index (κ1) is 23.1. The van der Waals surface area contributed by atoms with E-state index in [4.69, 9.17) is 6.58 Å². The van der Waals surface area contributed by atoms with E-state index in [9.17, 15) is 0 Å². The zero-order chi connectivity index (χ0) is 19.0. The number of allylic oxidation sites excluding steroid dienone is 21. The van der Waals surface area contributed by atoms with Gasteiger partial charge in [-0.1, -0.05) is 154 Å². The molecule has 0 nitrogen and oxygen atoms in total. The average molecular weight is 344 g/mol. The molecule has 0 saturated carbocycles. The van der Waals surface area contributed by atoms with Crippen LogP contribution >= 0.6 is 0 Å². The Morgan fingerprint density at radius 2 is 0.769 bits per heavy atom. The van der Waals surface area contributed by atoms with Gasteiger partial charge >= 0.3 is 0 Å². The summed E-state index contributed by atoms with van der Waals surface area (Å²) in [5.41, 5.74) is 0. The molecular weight excluding hydrogens is 312 g/mol. The van der Waals surface area contributed by atoms with Crippen LogP contribution in [0.1, 0.15) is 26.2 Å². The summed E-state index contributed by atoms with van der Waals surface area (Å²) >= 11 is 0. The standard InChI is InChI=1S/C26H31/c1-3-5-7-9-11-13-15-17-19-21-23-25-26-24-22-20-18-16-14-12-10-8-6-4-2/h1,3,5,7,9-26H,4,6,8H2,2H3. The van der Waals surface area contributed by atoms with Crippen LogP contribution in [0.5, 0.6) is 0 Å². The van der Waals surface area contributed by atoms with E-state index in [2.05, 4.69) is 25.2 Å². The molecule has 0 aliphatic carbocycles. The van der Waals surface area contributed by atoms with Crippen molar-refractivity contribution in [2.75, 3.05) is 0 Å². The molecule has 0 rings (SSSR count). The highest BCUT2D eigenvalue weighted by atomic mass is 13.8. The Balaban J connectivity index is 3.87. The quantitative estimate of drug-likeness (QED) is 0.237. The van der Waals surface area contributed by atoms with Gasteiger partial charge in [0.05, 0.1) is 0 Å². The second-order valence-corrected chi connectivity index (χ2v) is 5.23. The van der Waals surface area contributed by atoms with Crippen LogP contribution in [0.3, 0.4) is 0 Å². The molecule has 0 aliphatic heterocycles. The summed E-state index contributed by atoms with van der Waals surface area (Å²) in [4.78, 5) is 0. The Hall–Kier alpha value is -2.86. The minimum Gasteiger partial charge on any atom is -0.0845 e. The van der Waals surface area contributed by atoms with Gasteiger partial charge in [0.25, 0.3) is 0 Å². The maximum Gasteiger partial charge on any atom is -0.0348 e. The first-order chi connectivity index (χ1) is 12.9. The third-order valence-electron chi connectivity index (χ3n) is 2.97. The highest BCUT2D eigenvalue weighted by Crippen LogP contribution is 1.95. The van der Waals surface area contributed by atoms with Gasteiger partial charge in [0.1, 0.15) is 0 Å². The van der Waals surface area contributed by atoms with Crippen LogP contribution in [0.25, 0.3) is 0 Å². The number of hydrogen-bond donors (Lipinski definition) is 0. The van der Waals surface area contributed by atoms with Crippen molar-refractivity contribution in [1.29, 1.82) is 0 Å². The van der Waals surface area contributed by atoms with E-state index in [1.165, 1.54) is 18.9 Å². The van der Waals surface area contributed by atoms with E-state index in [0.717, 1.165) is 6.42 Å². The minimum absolute atomic E-state index is 1.16. The van der Waals surface area contributed by atoms with Crippen LogP contribution in [-0.4, -0.2) is 0 Å². The molecule has 26 heavy (non-hydrogen) atoms. The van der Waals surface area contributed by atoms with E-state index in [0.29, 0.717) is 0 Å². The predicted molar refractivity (Wildman–Crippen MR) is 120 cm³/mol. The molecule has 0 spiro atoms. The van der Waals surface area contributed by atoms with Crippen LogP contribution in [0.4, 0.5) is 0 Å². The van der Waals surface area contributed by atoms with Crippen molar-refractivity contribution in [1.82, 2.24) is 0 Å². The Labute approximate surface area is 160 Å². The maximum absolute atomic E-state index is 5.22. The molecule has 0 bridgehead atoms. The molecule has 0 aliphatic rings. The van der Waals surface area contributed by atoms with Gasteiger partial charge in [0.15, 0.2) is 0 Å². The molecule has 0 saturated heterocycles. The van der Waals surface area contributed by atoms with Crippen LogP contribution in [0, 0.1) is 6.58 Å². The fourth-order valence-electron chi connectivity index (χ4n) is 1.65. The summed E-state index contributed by atoms with van der Waals surface area (Å²) in [6, 6.07) is 0. The zero-order valence-corrected chi connectivity index (χ0v) is 15.8. The fraction of sp³-hybridized carbons (Fsp3) is 0.154. The zero-order valence-electron chi connectivity index (χ0n) is 15.8. The fourth-order valence-corrected chi connectivity index (χ4v) is 1.65. The molecule has 0 atom stereocenters. The Bertz CT molecular complexity index is 608.